The molecule has 1 aliphatic heterocycles. The summed E-state index contributed by atoms with van der Waals surface area (Å²) < 4.78 is 10.7. The summed E-state index contributed by atoms with van der Waals surface area (Å²) in [4.78, 5) is 18.2. The van der Waals surface area contributed by atoms with Crippen molar-refractivity contribution in [1.29, 1.82) is 5.26 Å². The average molecular weight is 271 g/mol. The molecule has 3 heterocycles. The van der Waals surface area contributed by atoms with Gasteiger partial charge in [0.1, 0.15) is 11.6 Å². The highest BCUT2D eigenvalue weighted by Gasteiger charge is 2.30. The highest BCUT2D eigenvalue weighted by molar-refractivity contribution is 5.95. The Morgan fingerprint density at radius 2 is 2.40 bits per heavy atom. The number of hydrogen-bond acceptors (Lipinski definition) is 5. The van der Waals surface area contributed by atoms with Crippen molar-refractivity contribution in [2.24, 2.45) is 0 Å². The van der Waals surface area contributed by atoms with Gasteiger partial charge in [-0.3, -0.25) is 4.79 Å². The Morgan fingerprint density at radius 3 is 3.20 bits per heavy atom. The van der Waals surface area contributed by atoms with Crippen LogP contribution in [0.2, 0.25) is 0 Å². The topological polar surface area (TPSA) is 79.4 Å². The molecule has 1 atom stereocenters. The Labute approximate surface area is 115 Å². The number of rotatable bonds is 1. The van der Waals surface area contributed by atoms with E-state index in [1.807, 2.05) is 13.0 Å². The van der Waals surface area contributed by atoms with Crippen LogP contribution in [0.15, 0.2) is 22.6 Å². The van der Waals surface area contributed by atoms with Gasteiger partial charge < -0.3 is 14.1 Å². The van der Waals surface area contributed by atoms with Gasteiger partial charge in [0.2, 0.25) is 0 Å². The van der Waals surface area contributed by atoms with E-state index in [9.17, 15) is 4.79 Å². The SMILES string of the molecule is Cc1ccc2oc(C(=O)N3CCOC[C@H]3C#N)cc2n1. The second-order valence-electron chi connectivity index (χ2n) is 4.67. The lowest BCUT2D eigenvalue weighted by Gasteiger charge is -2.30. The number of morpholine rings is 1. The average Bonchev–Trinajstić information content (AvgIpc) is 2.89. The molecule has 1 amide bonds. The zero-order valence-corrected chi connectivity index (χ0v) is 11.0. The Kier molecular flexibility index (Phi) is 3.12. The number of aromatic nitrogens is 1. The summed E-state index contributed by atoms with van der Waals surface area (Å²) in [7, 11) is 0. The predicted molar refractivity (Wildman–Crippen MR) is 70.0 cm³/mol. The number of amides is 1. The molecule has 1 aliphatic rings. The van der Waals surface area contributed by atoms with Crippen LogP contribution in [0.3, 0.4) is 0 Å². The minimum atomic E-state index is -0.570. The Morgan fingerprint density at radius 1 is 1.55 bits per heavy atom. The second-order valence-corrected chi connectivity index (χ2v) is 4.67. The van der Waals surface area contributed by atoms with Crippen LogP contribution in [-0.4, -0.2) is 41.6 Å². The molecule has 3 rings (SSSR count). The van der Waals surface area contributed by atoms with Crippen LogP contribution >= 0.6 is 0 Å². The number of fused-ring (bicyclic) bond motifs is 1. The smallest absolute Gasteiger partial charge is 0.290 e. The number of nitriles is 1. The van der Waals surface area contributed by atoms with Gasteiger partial charge in [-0.05, 0) is 19.1 Å². The fourth-order valence-electron chi connectivity index (χ4n) is 2.23. The maximum Gasteiger partial charge on any atom is 0.290 e. The maximum atomic E-state index is 12.4. The first-order valence-electron chi connectivity index (χ1n) is 6.34. The number of hydrogen-bond donors (Lipinski definition) is 0. The van der Waals surface area contributed by atoms with Crippen molar-refractivity contribution in [2.75, 3.05) is 19.8 Å². The van der Waals surface area contributed by atoms with Crippen LogP contribution in [0.5, 0.6) is 0 Å². The summed E-state index contributed by atoms with van der Waals surface area (Å²) in [6, 6.07) is 6.73. The third-order valence-electron chi connectivity index (χ3n) is 3.26. The molecule has 0 unspecified atom stereocenters. The molecule has 20 heavy (non-hydrogen) atoms. The van der Waals surface area contributed by atoms with Crippen molar-refractivity contribution in [3.05, 3.63) is 29.7 Å². The van der Waals surface area contributed by atoms with E-state index in [4.69, 9.17) is 14.4 Å². The molecule has 6 nitrogen and oxygen atoms in total. The number of pyridine rings is 1. The van der Waals surface area contributed by atoms with Gasteiger partial charge in [0.05, 0.1) is 19.3 Å². The lowest BCUT2D eigenvalue weighted by atomic mass is 10.2. The van der Waals surface area contributed by atoms with Crippen LogP contribution in [0.25, 0.3) is 11.1 Å². The van der Waals surface area contributed by atoms with Gasteiger partial charge >= 0.3 is 0 Å². The van der Waals surface area contributed by atoms with Gasteiger partial charge in [-0.2, -0.15) is 5.26 Å². The molecule has 0 bridgehead atoms. The first-order valence-corrected chi connectivity index (χ1v) is 6.34. The van der Waals surface area contributed by atoms with Crippen LogP contribution in [0.1, 0.15) is 16.2 Å². The van der Waals surface area contributed by atoms with E-state index in [1.165, 1.54) is 4.90 Å². The van der Waals surface area contributed by atoms with Crippen LogP contribution in [-0.2, 0) is 4.74 Å². The number of nitrogens with zero attached hydrogens (tertiary/aromatic N) is 3. The quantitative estimate of drug-likeness (QED) is 0.785. The Balaban J connectivity index is 1.93. The van der Waals surface area contributed by atoms with Gasteiger partial charge in [0.25, 0.3) is 5.91 Å². The summed E-state index contributed by atoms with van der Waals surface area (Å²) in [5.74, 6) is -0.0873. The Bertz CT molecular complexity index is 701. The molecule has 102 valence electrons. The molecule has 2 aromatic heterocycles. The second kappa shape index (κ2) is 4.94. The minimum Gasteiger partial charge on any atom is -0.449 e. The fourth-order valence-corrected chi connectivity index (χ4v) is 2.23. The van der Waals surface area contributed by atoms with Gasteiger partial charge in [-0.1, -0.05) is 0 Å². The normalized spacial score (nSPS) is 19.0. The van der Waals surface area contributed by atoms with Crippen LogP contribution < -0.4 is 0 Å². The van der Waals surface area contributed by atoms with E-state index < -0.39 is 6.04 Å². The molecule has 0 N–H and O–H groups in total. The third kappa shape index (κ3) is 2.12. The first-order chi connectivity index (χ1) is 9.69. The van der Waals surface area contributed by atoms with Crippen molar-refractivity contribution in [2.45, 2.75) is 13.0 Å². The minimum absolute atomic E-state index is 0.209. The zero-order valence-electron chi connectivity index (χ0n) is 11.0. The van der Waals surface area contributed by atoms with E-state index in [-0.39, 0.29) is 18.3 Å². The molecular formula is C14H13N3O3. The van der Waals surface area contributed by atoms with Crippen molar-refractivity contribution in [3.8, 4) is 6.07 Å². The zero-order chi connectivity index (χ0) is 14.1. The molecule has 6 heteroatoms. The van der Waals surface area contributed by atoms with Crippen LogP contribution in [0.4, 0.5) is 0 Å². The molecule has 0 saturated carbocycles. The molecule has 0 aromatic carbocycles. The van der Waals surface area contributed by atoms with Gasteiger partial charge in [-0.25, -0.2) is 4.98 Å². The predicted octanol–water partition coefficient (Wildman–Crippen LogP) is 1.50. The number of aryl methyl sites for hydroxylation is 1. The monoisotopic (exact) mass is 271 g/mol. The summed E-state index contributed by atoms with van der Waals surface area (Å²) in [5, 5.41) is 9.07. The summed E-state index contributed by atoms with van der Waals surface area (Å²) in [6.07, 6.45) is 0. The van der Waals surface area contributed by atoms with Crippen molar-refractivity contribution < 1.29 is 13.9 Å². The van der Waals surface area contributed by atoms with E-state index >= 15 is 0 Å². The van der Waals surface area contributed by atoms with Crippen molar-refractivity contribution >= 4 is 17.0 Å². The number of carbonyl (C=O) groups excluding carboxylic acids is 1. The molecule has 0 aliphatic carbocycles. The number of ether oxygens (including phenoxy) is 1. The number of carbonyl (C=O) groups is 1. The van der Waals surface area contributed by atoms with Crippen LogP contribution in [0, 0.1) is 18.3 Å². The van der Waals surface area contributed by atoms with Crippen molar-refractivity contribution in [3.63, 3.8) is 0 Å². The largest absolute Gasteiger partial charge is 0.449 e. The molecule has 1 saturated heterocycles. The van der Waals surface area contributed by atoms with E-state index in [0.717, 1.165) is 5.69 Å². The van der Waals surface area contributed by atoms with Crippen molar-refractivity contribution in [1.82, 2.24) is 9.88 Å². The fraction of sp³-hybridized carbons (Fsp3) is 0.357. The number of furan rings is 1. The molecule has 0 spiro atoms. The van der Waals surface area contributed by atoms with Gasteiger partial charge in [0, 0.05) is 18.3 Å². The van der Waals surface area contributed by atoms with E-state index in [0.29, 0.717) is 24.3 Å². The molecular weight excluding hydrogens is 258 g/mol. The maximum absolute atomic E-state index is 12.4. The first kappa shape index (κ1) is 12.6. The van der Waals surface area contributed by atoms with Gasteiger partial charge in [-0.15, -0.1) is 0 Å². The molecule has 0 radical (unpaired) electrons. The molecule has 2 aromatic rings. The lowest BCUT2D eigenvalue weighted by molar-refractivity contribution is 0.0116. The van der Waals surface area contributed by atoms with E-state index in [1.54, 1.807) is 12.1 Å². The summed E-state index contributed by atoms with van der Waals surface area (Å²) >= 11 is 0. The summed E-state index contributed by atoms with van der Waals surface area (Å²) in [6.45, 7) is 2.93. The lowest BCUT2D eigenvalue weighted by Crippen LogP contribution is -2.47. The highest BCUT2D eigenvalue weighted by atomic mass is 16.5. The highest BCUT2D eigenvalue weighted by Crippen LogP contribution is 2.20. The van der Waals surface area contributed by atoms with E-state index in [2.05, 4.69) is 11.1 Å². The Hall–Kier alpha value is -2.39. The standard InChI is InChI=1S/C14H13N3O3/c1-9-2-3-12-11(16-9)6-13(20-12)14(18)17-4-5-19-8-10(17)7-15/h2-3,6,10H,4-5,8H2,1H3/t10-/m1/s1. The van der Waals surface area contributed by atoms with Gasteiger partial charge in [0.15, 0.2) is 11.3 Å². The summed E-state index contributed by atoms with van der Waals surface area (Å²) in [5.41, 5.74) is 2.08. The molecule has 1 fully saturated rings. The third-order valence-corrected chi connectivity index (χ3v) is 3.26.